The Labute approximate surface area is 151 Å². The van der Waals surface area contributed by atoms with Gasteiger partial charge in [-0.15, -0.1) is 0 Å². The summed E-state index contributed by atoms with van der Waals surface area (Å²) in [6, 6.07) is 13.7. The van der Waals surface area contributed by atoms with Gasteiger partial charge in [-0.25, -0.2) is 4.79 Å². The molecule has 6 heteroatoms. The first-order valence-electron chi connectivity index (χ1n) is 8.47. The van der Waals surface area contributed by atoms with Crippen LogP contribution in [0.25, 0.3) is 0 Å². The molecule has 1 amide bonds. The molecule has 2 aliphatic heterocycles. The number of amides is 1. The van der Waals surface area contributed by atoms with Crippen molar-refractivity contribution in [2.24, 2.45) is 0 Å². The van der Waals surface area contributed by atoms with Crippen molar-refractivity contribution < 1.29 is 9.53 Å². The summed E-state index contributed by atoms with van der Waals surface area (Å²) in [5.74, 6) is 0. The number of fused-ring (bicyclic) bond motifs is 1. The number of nitrogens with two attached hydrogens (primary N) is 1. The number of rotatable bonds is 2. The molecule has 2 aromatic carbocycles. The van der Waals surface area contributed by atoms with Crippen LogP contribution in [0.1, 0.15) is 18.4 Å². The van der Waals surface area contributed by atoms with Crippen LogP contribution in [0.5, 0.6) is 0 Å². The third kappa shape index (κ3) is 3.00. The maximum atomic E-state index is 12.4. The molecule has 130 valence electrons. The second-order valence-corrected chi connectivity index (χ2v) is 6.89. The van der Waals surface area contributed by atoms with Crippen LogP contribution in [-0.2, 0) is 11.3 Å². The molecule has 2 aromatic rings. The number of nitrogen functional groups attached to an aromatic ring is 1. The lowest BCUT2D eigenvalue weighted by Gasteiger charge is -2.41. The van der Waals surface area contributed by atoms with E-state index in [1.807, 2.05) is 41.3 Å². The van der Waals surface area contributed by atoms with Gasteiger partial charge < -0.3 is 15.4 Å². The molecule has 0 saturated carbocycles. The van der Waals surface area contributed by atoms with Crippen molar-refractivity contribution in [1.82, 2.24) is 0 Å². The molecule has 2 N–H and O–H groups in total. The Morgan fingerprint density at radius 3 is 2.60 bits per heavy atom. The number of benzene rings is 2. The Balaban J connectivity index is 1.51. The van der Waals surface area contributed by atoms with Crippen molar-refractivity contribution in [2.45, 2.75) is 25.5 Å². The first kappa shape index (κ1) is 16.1. The molecule has 0 atom stereocenters. The molecule has 0 aromatic heterocycles. The Kier molecular flexibility index (Phi) is 4.17. The van der Waals surface area contributed by atoms with Gasteiger partial charge in [0.1, 0.15) is 6.61 Å². The van der Waals surface area contributed by atoms with Crippen LogP contribution in [-0.4, -0.2) is 25.2 Å². The Morgan fingerprint density at radius 1 is 1.08 bits per heavy atom. The smallest absolute Gasteiger partial charge is 0.414 e. The Hall–Kier alpha value is -2.40. The minimum absolute atomic E-state index is 0.137. The normalized spacial score (nSPS) is 18.0. The van der Waals surface area contributed by atoms with Crippen molar-refractivity contribution >= 4 is 34.8 Å². The number of piperidine rings is 1. The summed E-state index contributed by atoms with van der Waals surface area (Å²) in [4.78, 5) is 16.4. The van der Waals surface area contributed by atoms with Gasteiger partial charge in [-0.2, -0.15) is 0 Å². The average molecular weight is 358 g/mol. The first-order chi connectivity index (χ1) is 12.1. The van der Waals surface area contributed by atoms with Crippen molar-refractivity contribution in [3.63, 3.8) is 0 Å². The van der Waals surface area contributed by atoms with Gasteiger partial charge in [0.15, 0.2) is 0 Å². The summed E-state index contributed by atoms with van der Waals surface area (Å²) < 4.78 is 5.35. The third-order valence-corrected chi connectivity index (χ3v) is 5.24. The molecule has 1 fully saturated rings. The molecule has 0 unspecified atom stereocenters. The van der Waals surface area contributed by atoms with E-state index in [0.717, 1.165) is 42.9 Å². The highest BCUT2D eigenvalue weighted by molar-refractivity contribution is 6.33. The van der Waals surface area contributed by atoms with E-state index in [9.17, 15) is 4.79 Å². The predicted molar refractivity (Wildman–Crippen MR) is 100 cm³/mol. The number of ether oxygens (including phenoxy) is 1. The number of para-hydroxylation sites is 1. The lowest BCUT2D eigenvalue weighted by molar-refractivity contribution is 0.137. The zero-order valence-corrected chi connectivity index (χ0v) is 14.6. The monoisotopic (exact) mass is 357 g/mol. The number of carbonyl (C=O) groups excluding carboxylic acids is 1. The van der Waals surface area contributed by atoms with Crippen LogP contribution >= 0.6 is 11.6 Å². The highest BCUT2D eigenvalue weighted by atomic mass is 35.5. The molecule has 4 rings (SSSR count). The van der Waals surface area contributed by atoms with Crippen molar-refractivity contribution in [2.75, 3.05) is 28.6 Å². The van der Waals surface area contributed by atoms with E-state index in [4.69, 9.17) is 22.1 Å². The van der Waals surface area contributed by atoms with Crippen LogP contribution < -0.4 is 15.5 Å². The molecule has 25 heavy (non-hydrogen) atoms. The number of carbonyl (C=O) groups is 1. The van der Waals surface area contributed by atoms with Crippen LogP contribution in [0.4, 0.5) is 21.9 Å². The minimum Gasteiger partial charge on any atom is -0.444 e. The summed E-state index contributed by atoms with van der Waals surface area (Å²) in [7, 11) is 0. The van der Waals surface area contributed by atoms with Gasteiger partial charge >= 0.3 is 6.09 Å². The van der Waals surface area contributed by atoms with Gasteiger partial charge in [-0.05, 0) is 37.1 Å². The maximum absolute atomic E-state index is 12.4. The van der Waals surface area contributed by atoms with Crippen LogP contribution in [0.15, 0.2) is 42.5 Å². The number of halogens is 1. The second kappa shape index (κ2) is 6.48. The highest BCUT2D eigenvalue weighted by Gasteiger charge is 2.34. The quantitative estimate of drug-likeness (QED) is 0.824. The van der Waals surface area contributed by atoms with Crippen molar-refractivity contribution in [1.29, 1.82) is 0 Å². The fourth-order valence-corrected chi connectivity index (χ4v) is 3.97. The van der Waals surface area contributed by atoms with Gasteiger partial charge in [-0.1, -0.05) is 29.8 Å². The number of anilines is 3. The third-order valence-electron chi connectivity index (χ3n) is 4.94. The largest absolute Gasteiger partial charge is 0.444 e. The molecule has 0 bridgehead atoms. The van der Waals surface area contributed by atoms with E-state index in [-0.39, 0.29) is 12.1 Å². The van der Waals surface area contributed by atoms with Crippen LogP contribution in [0, 0.1) is 0 Å². The Morgan fingerprint density at radius 2 is 1.84 bits per heavy atom. The van der Waals surface area contributed by atoms with E-state index in [1.165, 1.54) is 0 Å². The molecule has 0 aliphatic carbocycles. The van der Waals surface area contributed by atoms with E-state index in [0.29, 0.717) is 17.3 Å². The lowest BCUT2D eigenvalue weighted by Crippen LogP contribution is -2.49. The second-order valence-electron chi connectivity index (χ2n) is 6.48. The zero-order valence-electron chi connectivity index (χ0n) is 13.8. The molecule has 1 saturated heterocycles. The maximum Gasteiger partial charge on any atom is 0.414 e. The summed E-state index contributed by atoms with van der Waals surface area (Å²) in [6.07, 6.45) is 1.48. The molecular weight excluding hydrogens is 338 g/mol. The van der Waals surface area contributed by atoms with E-state index >= 15 is 0 Å². The van der Waals surface area contributed by atoms with Gasteiger partial charge in [0.2, 0.25) is 0 Å². The molecule has 2 heterocycles. The zero-order chi connectivity index (χ0) is 17.4. The topological polar surface area (TPSA) is 58.8 Å². The van der Waals surface area contributed by atoms with Crippen molar-refractivity contribution in [3.05, 3.63) is 53.1 Å². The summed E-state index contributed by atoms with van der Waals surface area (Å²) in [5.41, 5.74) is 9.47. The number of nitrogens with zero attached hydrogens (tertiary/aromatic N) is 2. The Bertz CT molecular complexity index is 803. The lowest BCUT2D eigenvalue weighted by atomic mass is 10.00. The SMILES string of the molecule is Nc1ccc(N2CCC(N3C(=O)OCc4ccccc43)CC2)c(Cl)c1. The van der Waals surface area contributed by atoms with E-state index in [2.05, 4.69) is 4.90 Å². The number of hydrogen-bond acceptors (Lipinski definition) is 4. The van der Waals surface area contributed by atoms with E-state index in [1.54, 1.807) is 6.07 Å². The summed E-state index contributed by atoms with van der Waals surface area (Å²) in [6.45, 7) is 2.02. The fourth-order valence-electron chi connectivity index (χ4n) is 3.67. The fraction of sp³-hybridized carbons (Fsp3) is 0.316. The van der Waals surface area contributed by atoms with E-state index < -0.39 is 0 Å². The van der Waals surface area contributed by atoms with Crippen molar-refractivity contribution in [3.8, 4) is 0 Å². The van der Waals surface area contributed by atoms with Crippen LogP contribution in [0.3, 0.4) is 0 Å². The molecule has 5 nitrogen and oxygen atoms in total. The minimum atomic E-state index is -0.248. The van der Waals surface area contributed by atoms with Gasteiger partial charge in [0.05, 0.1) is 16.4 Å². The molecular formula is C19H20ClN3O2. The molecule has 2 aliphatic rings. The van der Waals surface area contributed by atoms with Gasteiger partial charge in [0.25, 0.3) is 0 Å². The van der Waals surface area contributed by atoms with Crippen LogP contribution in [0.2, 0.25) is 5.02 Å². The highest BCUT2D eigenvalue weighted by Crippen LogP contribution is 2.34. The first-order valence-corrected chi connectivity index (χ1v) is 8.85. The summed E-state index contributed by atoms with van der Waals surface area (Å²) in [5, 5.41) is 0.668. The molecule has 0 spiro atoms. The average Bonchev–Trinajstić information content (AvgIpc) is 2.62. The number of hydrogen-bond donors (Lipinski definition) is 1. The summed E-state index contributed by atoms with van der Waals surface area (Å²) >= 11 is 6.33. The predicted octanol–water partition coefficient (Wildman–Crippen LogP) is 4.05. The molecule has 0 radical (unpaired) electrons. The standard InChI is InChI=1S/C19H20ClN3O2/c20-16-11-14(21)5-6-18(16)22-9-7-15(8-10-22)23-17-4-2-1-3-13(17)12-25-19(23)24/h1-6,11,15H,7-10,12,21H2. The van der Waals surface area contributed by atoms with Gasteiger partial charge in [0, 0.05) is 30.4 Å². The number of cyclic esters (lactones) is 1. The van der Waals surface area contributed by atoms with Gasteiger partial charge in [-0.3, -0.25) is 4.90 Å².